The third kappa shape index (κ3) is 6.99. The van der Waals surface area contributed by atoms with Crippen LogP contribution in [-0.4, -0.2) is 21.6 Å². The summed E-state index contributed by atoms with van der Waals surface area (Å²) >= 11 is 0. The zero-order valence-corrected chi connectivity index (χ0v) is 37.0. The van der Waals surface area contributed by atoms with E-state index in [0.717, 1.165) is 70.6 Å². The van der Waals surface area contributed by atoms with Gasteiger partial charge in [0.15, 0.2) is 0 Å². The summed E-state index contributed by atoms with van der Waals surface area (Å²) in [6, 6.07) is 32.0. The number of rotatable bonds is 9. The van der Waals surface area contributed by atoms with E-state index in [4.69, 9.17) is 0 Å². The van der Waals surface area contributed by atoms with Crippen LogP contribution in [0, 0.1) is 5.92 Å². The van der Waals surface area contributed by atoms with Gasteiger partial charge in [0, 0.05) is 57.2 Å². The first-order valence-corrected chi connectivity index (χ1v) is 24.2. The van der Waals surface area contributed by atoms with Crippen LogP contribution in [0.25, 0.3) is 29.5 Å². The molecule has 4 nitrogen and oxygen atoms in total. The third-order valence-electron chi connectivity index (χ3n) is 14.8. The van der Waals surface area contributed by atoms with Gasteiger partial charge in [-0.3, -0.25) is 0 Å². The number of hydrogen-bond acceptors (Lipinski definition) is 3. The molecule has 318 valence electrons. The van der Waals surface area contributed by atoms with Crippen LogP contribution in [0.4, 0.5) is 11.4 Å². The van der Waals surface area contributed by atoms with Gasteiger partial charge in [0.25, 0.3) is 0 Å². The quantitative estimate of drug-likeness (QED) is 0.167. The van der Waals surface area contributed by atoms with E-state index in [1.807, 2.05) is 0 Å². The van der Waals surface area contributed by atoms with E-state index in [1.54, 1.807) is 0 Å². The lowest BCUT2D eigenvalue weighted by molar-refractivity contribution is 0.361. The molecule has 0 saturated carbocycles. The monoisotopic (exact) mass is 834 g/mol. The first-order chi connectivity index (χ1) is 31.8. The van der Waals surface area contributed by atoms with Gasteiger partial charge >= 0.3 is 0 Å². The summed E-state index contributed by atoms with van der Waals surface area (Å²) in [6.45, 7) is 0. The predicted molar refractivity (Wildman–Crippen MR) is 268 cm³/mol. The van der Waals surface area contributed by atoms with Gasteiger partial charge in [-0.05, 0) is 184 Å². The Morgan fingerprint density at radius 3 is 2.22 bits per heavy atom. The van der Waals surface area contributed by atoms with Crippen molar-refractivity contribution < 1.29 is 0 Å². The summed E-state index contributed by atoms with van der Waals surface area (Å²) in [5, 5.41) is 2.76. The molecule has 0 N–H and O–H groups in total. The highest BCUT2D eigenvalue weighted by Crippen LogP contribution is 2.47. The van der Waals surface area contributed by atoms with E-state index < -0.39 is 0 Å². The predicted octanol–water partition coefficient (Wildman–Crippen LogP) is 12.9. The van der Waals surface area contributed by atoms with Crippen LogP contribution in [0.5, 0.6) is 0 Å². The van der Waals surface area contributed by atoms with Crippen LogP contribution in [0.3, 0.4) is 0 Å². The van der Waals surface area contributed by atoms with Crippen LogP contribution in [0.15, 0.2) is 192 Å². The second kappa shape index (κ2) is 16.9. The van der Waals surface area contributed by atoms with Crippen molar-refractivity contribution in [2.75, 3.05) is 9.80 Å². The van der Waals surface area contributed by atoms with Crippen LogP contribution in [0.1, 0.15) is 93.9 Å². The van der Waals surface area contributed by atoms with E-state index in [0.29, 0.717) is 12.0 Å². The summed E-state index contributed by atoms with van der Waals surface area (Å²) in [5.74, 6) is 0.389. The van der Waals surface area contributed by atoms with Gasteiger partial charge in [0.2, 0.25) is 0 Å². The van der Waals surface area contributed by atoms with E-state index in [2.05, 4.69) is 195 Å². The number of fused-ring (bicyclic) bond motifs is 5. The molecule has 4 heteroatoms. The average Bonchev–Trinajstić information content (AvgIpc) is 3.88. The van der Waals surface area contributed by atoms with E-state index in [-0.39, 0.29) is 6.04 Å². The van der Waals surface area contributed by atoms with Crippen LogP contribution < -0.4 is 20.4 Å². The van der Waals surface area contributed by atoms with Gasteiger partial charge in [-0.15, -0.1) is 0 Å². The largest absolute Gasteiger partial charge is 0.338 e. The molecule has 0 fully saturated rings. The summed E-state index contributed by atoms with van der Waals surface area (Å²) in [5.41, 5.74) is 17.8. The molecule has 0 spiro atoms. The minimum Gasteiger partial charge on any atom is -0.338 e. The molecule has 8 aliphatic rings. The lowest BCUT2D eigenvalue weighted by Gasteiger charge is -2.37. The zero-order valence-electron chi connectivity index (χ0n) is 37.0. The lowest BCUT2D eigenvalue weighted by Crippen LogP contribution is -2.42. The van der Waals surface area contributed by atoms with E-state index in [1.165, 1.54) is 96.9 Å². The van der Waals surface area contributed by atoms with Gasteiger partial charge < -0.3 is 19.3 Å². The van der Waals surface area contributed by atoms with Gasteiger partial charge in [-0.1, -0.05) is 103 Å². The molecular formula is C60H58N4. The standard InChI is InChI=1S/C60H58N4/c1-5-17-45(18-6-1)61(51-37-39-55-53-25-13-15-27-57(53)63(59(55)41-51)47-21-9-3-10-22-47)49-33-29-43(30-34-49)44-31-35-50(36-32-44)62(46-19-7-2-8-20-46)52-38-40-56-54-26-14-16-28-58(54)64(60(56)42-52)48-23-11-4-12-24-48/h1,3,5-6,9-11,14-15,17-19,21-24,26-27,29,31-33,35-36,38-42,51,56,60H,2,4,7-8,12-13,16,20,25,28,30,34,37H2. The third-order valence-corrected chi connectivity index (χ3v) is 14.8. The van der Waals surface area contributed by atoms with Crippen molar-refractivity contribution in [3.05, 3.63) is 219 Å². The molecule has 1 aromatic heterocycles. The highest BCUT2D eigenvalue weighted by molar-refractivity contribution is 5.74. The Balaban J connectivity index is 0.859. The van der Waals surface area contributed by atoms with Crippen molar-refractivity contribution >= 4 is 35.2 Å². The van der Waals surface area contributed by atoms with Crippen molar-refractivity contribution in [3.63, 3.8) is 0 Å². The molecule has 12 rings (SSSR count). The summed E-state index contributed by atoms with van der Waals surface area (Å²) in [7, 11) is 0. The molecule has 0 radical (unpaired) electrons. The highest BCUT2D eigenvalue weighted by Gasteiger charge is 2.41. The maximum atomic E-state index is 2.68. The molecule has 2 heterocycles. The number of nitrogens with zero attached hydrogens (tertiary/aromatic N) is 4. The maximum Gasteiger partial charge on any atom is 0.0646 e. The molecule has 0 bridgehead atoms. The van der Waals surface area contributed by atoms with Crippen molar-refractivity contribution in [2.45, 2.75) is 95.6 Å². The second-order valence-corrected chi connectivity index (χ2v) is 18.6. The van der Waals surface area contributed by atoms with Crippen molar-refractivity contribution in [3.8, 4) is 5.69 Å². The molecule has 3 unspecified atom stereocenters. The number of hydrogen-bond donors (Lipinski definition) is 0. The lowest BCUT2D eigenvalue weighted by atomic mass is 9.87. The smallest absolute Gasteiger partial charge is 0.0646 e. The molecular weight excluding hydrogens is 777 g/mol. The topological polar surface area (TPSA) is 14.7 Å². The van der Waals surface area contributed by atoms with Gasteiger partial charge in [0.1, 0.15) is 0 Å². The van der Waals surface area contributed by atoms with E-state index >= 15 is 0 Å². The Morgan fingerprint density at radius 1 is 0.594 bits per heavy atom. The highest BCUT2D eigenvalue weighted by atomic mass is 15.2. The van der Waals surface area contributed by atoms with Gasteiger partial charge in [-0.25, -0.2) is 0 Å². The number of aromatic nitrogens is 1. The minimum absolute atomic E-state index is 0.210. The van der Waals surface area contributed by atoms with Crippen LogP contribution in [-0.2, 0) is 6.42 Å². The average molecular weight is 835 g/mol. The Hall–Kier alpha value is -6.52. The Morgan fingerprint density at radius 2 is 1.42 bits per heavy atom. The number of benzene rings is 3. The minimum atomic E-state index is 0.210. The molecule has 7 aliphatic carbocycles. The Kier molecular flexibility index (Phi) is 10.3. The molecule has 1 aliphatic heterocycles. The number of anilines is 2. The Labute approximate surface area is 379 Å². The normalized spacial score (nSPS) is 23.0. The Bertz CT molecular complexity index is 2920. The molecule has 3 aromatic carbocycles. The van der Waals surface area contributed by atoms with Crippen molar-refractivity contribution in [2.24, 2.45) is 5.92 Å². The van der Waals surface area contributed by atoms with Gasteiger partial charge in [-0.2, -0.15) is 0 Å². The summed E-state index contributed by atoms with van der Waals surface area (Å²) in [6.07, 6.45) is 51.1. The molecule has 0 amide bonds. The first kappa shape index (κ1) is 39.1. The van der Waals surface area contributed by atoms with E-state index in [9.17, 15) is 0 Å². The maximum absolute atomic E-state index is 2.68. The molecule has 3 atom stereocenters. The van der Waals surface area contributed by atoms with Gasteiger partial charge in [0.05, 0.1) is 17.4 Å². The molecule has 0 saturated heterocycles. The van der Waals surface area contributed by atoms with Crippen molar-refractivity contribution in [1.82, 2.24) is 9.47 Å². The van der Waals surface area contributed by atoms with Crippen LogP contribution >= 0.6 is 0 Å². The fourth-order valence-corrected chi connectivity index (χ4v) is 11.9. The SMILES string of the molecule is C1=CC(N2C3=C(C=CCC3)C3C=CC(N(C4=CCCCC4)c4ccc(C5=CC=C(N(c6ccccc6)C6C=c7c(c8c(n7-c7ccccc7)C=CCC8)=CC6)CC5)cc4)=CC32)=CCC1. The zero-order chi connectivity index (χ0) is 42.4. The molecule has 4 aromatic rings. The number of para-hydroxylation sites is 2. The van der Waals surface area contributed by atoms with Crippen molar-refractivity contribution in [1.29, 1.82) is 0 Å². The second-order valence-electron chi connectivity index (χ2n) is 18.6. The summed E-state index contributed by atoms with van der Waals surface area (Å²) < 4.78 is 2.50. The first-order valence-electron chi connectivity index (χ1n) is 24.2. The van der Waals surface area contributed by atoms with Crippen LogP contribution in [0.2, 0.25) is 0 Å². The summed E-state index contributed by atoms with van der Waals surface area (Å²) in [4.78, 5) is 7.89. The molecule has 64 heavy (non-hydrogen) atoms. The fourth-order valence-electron chi connectivity index (χ4n) is 11.9. The number of allylic oxidation sites excluding steroid dienone is 14. The fraction of sp³-hybridized carbons (Fsp3) is 0.267.